The molecule has 0 atom stereocenters. The van der Waals surface area contributed by atoms with Crippen molar-refractivity contribution in [3.05, 3.63) is 0 Å². The van der Waals surface area contributed by atoms with Gasteiger partial charge in [0.2, 0.25) is 15.9 Å². The minimum absolute atomic E-state index is 0.0628. The Labute approximate surface area is 76.0 Å². The third-order valence-electron chi connectivity index (χ3n) is 1.27. The number of hydrogen-bond donors (Lipinski definition) is 0. The standard InChI is InChI=1S/C5H10N2O3S2/c1-6(2)11-7-5(8)3-4-12(7,9)10/h3-4H2,1-2H3. The molecule has 0 unspecified atom stereocenters. The summed E-state index contributed by atoms with van der Waals surface area (Å²) in [5.41, 5.74) is 0. The Morgan fingerprint density at radius 1 is 1.50 bits per heavy atom. The highest BCUT2D eigenvalue weighted by Gasteiger charge is 2.36. The summed E-state index contributed by atoms with van der Waals surface area (Å²) in [5, 5.41) is 0. The van der Waals surface area contributed by atoms with Crippen molar-refractivity contribution >= 4 is 28.1 Å². The Morgan fingerprint density at radius 3 is 2.42 bits per heavy atom. The van der Waals surface area contributed by atoms with Gasteiger partial charge in [-0.15, -0.1) is 0 Å². The van der Waals surface area contributed by atoms with Gasteiger partial charge in [0, 0.05) is 6.42 Å². The molecule has 1 amide bonds. The predicted molar refractivity (Wildman–Crippen MR) is 46.5 cm³/mol. The summed E-state index contributed by atoms with van der Waals surface area (Å²) in [6.45, 7) is 0. The minimum Gasteiger partial charge on any atom is -0.273 e. The van der Waals surface area contributed by atoms with E-state index in [1.54, 1.807) is 18.4 Å². The lowest BCUT2D eigenvalue weighted by Crippen LogP contribution is -2.26. The van der Waals surface area contributed by atoms with Crippen LogP contribution < -0.4 is 0 Å². The number of carbonyl (C=O) groups excluding carboxylic acids is 1. The molecule has 5 nitrogen and oxygen atoms in total. The van der Waals surface area contributed by atoms with E-state index in [4.69, 9.17) is 0 Å². The molecule has 1 saturated heterocycles. The van der Waals surface area contributed by atoms with Crippen LogP contribution in [0.3, 0.4) is 0 Å². The van der Waals surface area contributed by atoms with E-state index in [0.29, 0.717) is 0 Å². The number of hydrogen-bond acceptors (Lipinski definition) is 5. The van der Waals surface area contributed by atoms with Crippen molar-refractivity contribution in [2.45, 2.75) is 6.42 Å². The second-order valence-corrected chi connectivity index (χ2v) is 6.01. The summed E-state index contributed by atoms with van der Waals surface area (Å²) in [6, 6.07) is 0. The fraction of sp³-hybridized carbons (Fsp3) is 0.800. The van der Waals surface area contributed by atoms with Crippen molar-refractivity contribution in [2.75, 3.05) is 19.8 Å². The molecular weight excluding hydrogens is 200 g/mol. The van der Waals surface area contributed by atoms with Crippen molar-refractivity contribution in [1.29, 1.82) is 0 Å². The van der Waals surface area contributed by atoms with E-state index in [0.717, 1.165) is 15.8 Å². The average Bonchev–Trinajstić information content (AvgIpc) is 2.15. The molecule has 0 aromatic carbocycles. The molecule has 7 heteroatoms. The zero-order valence-corrected chi connectivity index (χ0v) is 8.48. The van der Waals surface area contributed by atoms with Crippen LogP contribution >= 0.6 is 12.1 Å². The number of nitrogens with zero attached hydrogens (tertiary/aromatic N) is 2. The third kappa shape index (κ3) is 1.90. The Kier molecular flexibility index (Phi) is 2.64. The molecule has 70 valence electrons. The van der Waals surface area contributed by atoms with E-state index in [2.05, 4.69) is 0 Å². The van der Waals surface area contributed by atoms with Crippen molar-refractivity contribution in [1.82, 2.24) is 8.02 Å². The van der Waals surface area contributed by atoms with Gasteiger partial charge in [0.1, 0.15) is 0 Å². The van der Waals surface area contributed by atoms with Gasteiger partial charge in [-0.05, 0) is 14.1 Å². The zero-order valence-electron chi connectivity index (χ0n) is 6.85. The zero-order chi connectivity index (χ0) is 9.35. The van der Waals surface area contributed by atoms with Gasteiger partial charge < -0.3 is 0 Å². The number of carbonyl (C=O) groups is 1. The highest BCUT2D eigenvalue weighted by Crippen LogP contribution is 2.25. The van der Waals surface area contributed by atoms with Crippen LogP contribution in [0.5, 0.6) is 0 Å². The van der Waals surface area contributed by atoms with Crippen LogP contribution in [-0.2, 0) is 14.8 Å². The molecule has 0 aromatic heterocycles. The SMILES string of the molecule is CN(C)SN1C(=O)CCS1(=O)=O. The van der Waals surface area contributed by atoms with Crippen LogP contribution in [0.2, 0.25) is 0 Å². The van der Waals surface area contributed by atoms with E-state index in [-0.39, 0.29) is 18.1 Å². The maximum Gasteiger partial charge on any atom is 0.248 e. The molecule has 1 fully saturated rings. The third-order valence-corrected chi connectivity index (χ3v) is 4.26. The summed E-state index contributed by atoms with van der Waals surface area (Å²) < 4.78 is 24.7. The lowest BCUT2D eigenvalue weighted by Gasteiger charge is -2.16. The van der Waals surface area contributed by atoms with Crippen molar-refractivity contribution in [3.63, 3.8) is 0 Å². The Balaban J connectivity index is 2.79. The minimum atomic E-state index is -3.33. The van der Waals surface area contributed by atoms with Gasteiger partial charge in [-0.2, -0.15) is 3.71 Å². The normalized spacial score (nSPS) is 22.2. The molecule has 0 N–H and O–H groups in total. The van der Waals surface area contributed by atoms with Crippen LogP contribution in [-0.4, -0.2) is 42.2 Å². The van der Waals surface area contributed by atoms with Crippen LogP contribution in [0.4, 0.5) is 0 Å². The van der Waals surface area contributed by atoms with Gasteiger partial charge in [-0.3, -0.25) is 4.79 Å². The van der Waals surface area contributed by atoms with Gasteiger partial charge in [-0.1, -0.05) is 0 Å². The molecule has 12 heavy (non-hydrogen) atoms. The topological polar surface area (TPSA) is 57.7 Å². The predicted octanol–water partition coefficient (Wildman–Crippen LogP) is -0.327. The quantitative estimate of drug-likeness (QED) is 0.584. The van der Waals surface area contributed by atoms with E-state index < -0.39 is 10.0 Å². The van der Waals surface area contributed by atoms with Crippen LogP contribution in [0.25, 0.3) is 0 Å². The first kappa shape index (κ1) is 9.82. The van der Waals surface area contributed by atoms with Gasteiger partial charge in [0.15, 0.2) is 0 Å². The largest absolute Gasteiger partial charge is 0.273 e. The van der Waals surface area contributed by atoms with E-state index in [1.165, 1.54) is 0 Å². The molecular formula is C5H10N2O3S2. The first-order valence-corrected chi connectivity index (χ1v) is 5.68. The molecule has 0 spiro atoms. The maximum absolute atomic E-state index is 11.2. The van der Waals surface area contributed by atoms with Crippen molar-refractivity contribution in [2.24, 2.45) is 0 Å². The van der Waals surface area contributed by atoms with Crippen LogP contribution in [0.1, 0.15) is 6.42 Å². The monoisotopic (exact) mass is 210 g/mol. The highest BCUT2D eigenvalue weighted by molar-refractivity contribution is 8.08. The van der Waals surface area contributed by atoms with Gasteiger partial charge in [0.25, 0.3) is 0 Å². The molecule has 1 rings (SSSR count). The smallest absolute Gasteiger partial charge is 0.248 e. The molecule has 0 radical (unpaired) electrons. The van der Waals surface area contributed by atoms with E-state index in [1.807, 2.05) is 0 Å². The Hall–Kier alpha value is -0.270. The summed E-state index contributed by atoms with van der Waals surface area (Å²) in [7, 11) is 0.0463. The average molecular weight is 210 g/mol. The second kappa shape index (κ2) is 3.23. The summed E-state index contributed by atoms with van der Waals surface area (Å²) in [4.78, 5) is 11.0. The molecule has 0 bridgehead atoms. The first-order chi connectivity index (χ1) is 5.43. The first-order valence-electron chi connectivity index (χ1n) is 3.35. The molecule has 1 heterocycles. The van der Waals surface area contributed by atoms with Crippen molar-refractivity contribution < 1.29 is 13.2 Å². The highest BCUT2D eigenvalue weighted by atomic mass is 32.3. The van der Waals surface area contributed by atoms with Gasteiger partial charge in [0.05, 0.1) is 17.9 Å². The molecule has 0 saturated carbocycles. The Bertz CT molecular complexity index is 285. The molecule has 1 aliphatic rings. The molecule has 0 aliphatic carbocycles. The van der Waals surface area contributed by atoms with Crippen LogP contribution in [0.15, 0.2) is 0 Å². The fourth-order valence-corrected chi connectivity index (χ4v) is 3.30. The lowest BCUT2D eigenvalue weighted by atomic mass is 10.5. The van der Waals surface area contributed by atoms with Gasteiger partial charge in [-0.25, -0.2) is 12.7 Å². The van der Waals surface area contributed by atoms with Crippen LogP contribution in [0, 0.1) is 0 Å². The van der Waals surface area contributed by atoms with Gasteiger partial charge >= 0.3 is 0 Å². The lowest BCUT2D eigenvalue weighted by molar-refractivity contribution is -0.121. The van der Waals surface area contributed by atoms with E-state index >= 15 is 0 Å². The number of amides is 1. The maximum atomic E-state index is 11.2. The second-order valence-electron chi connectivity index (χ2n) is 2.58. The number of sulfonamides is 1. The summed E-state index contributed by atoms with van der Waals surface area (Å²) >= 11 is 0.906. The number of rotatable bonds is 2. The Morgan fingerprint density at radius 2 is 2.08 bits per heavy atom. The van der Waals surface area contributed by atoms with Crippen molar-refractivity contribution in [3.8, 4) is 0 Å². The molecule has 1 aliphatic heterocycles. The summed E-state index contributed by atoms with van der Waals surface area (Å²) in [5.74, 6) is -0.402. The van der Waals surface area contributed by atoms with E-state index in [9.17, 15) is 13.2 Å². The fourth-order valence-electron chi connectivity index (χ4n) is 0.790. The molecule has 0 aromatic rings. The summed E-state index contributed by atoms with van der Waals surface area (Å²) in [6.07, 6.45) is 0.100.